The molecule has 2 N–H and O–H groups in total. The van der Waals surface area contributed by atoms with Gasteiger partial charge in [-0.3, -0.25) is 0 Å². The van der Waals surface area contributed by atoms with Gasteiger partial charge < -0.3 is 10.3 Å². The van der Waals surface area contributed by atoms with Crippen molar-refractivity contribution in [3.8, 4) is 0 Å². The maximum atomic E-state index is 3.43. The van der Waals surface area contributed by atoms with Crippen LogP contribution in [0, 0.1) is 0 Å². The summed E-state index contributed by atoms with van der Waals surface area (Å²) in [4.78, 5) is 3.32. The number of H-pyrrole nitrogens is 1. The maximum Gasteiger partial charge on any atom is 0.0460 e. The summed E-state index contributed by atoms with van der Waals surface area (Å²) in [7, 11) is 0. The number of rotatable bonds is 1. The van der Waals surface area contributed by atoms with Gasteiger partial charge in [0, 0.05) is 40.5 Å². The molecule has 1 aliphatic rings. The van der Waals surface area contributed by atoms with E-state index in [9.17, 15) is 0 Å². The van der Waals surface area contributed by atoms with Gasteiger partial charge in [-0.15, -0.1) is 0 Å². The van der Waals surface area contributed by atoms with Gasteiger partial charge in [-0.05, 0) is 23.8 Å². The summed E-state index contributed by atoms with van der Waals surface area (Å²) in [5.41, 5.74) is 6.33. The molecule has 1 aliphatic heterocycles. The van der Waals surface area contributed by atoms with Crippen LogP contribution in [-0.4, -0.2) is 11.5 Å². The van der Waals surface area contributed by atoms with Gasteiger partial charge in [-0.2, -0.15) is 0 Å². The Labute approximate surface area is 111 Å². The first-order chi connectivity index (χ1) is 9.42. The highest BCUT2D eigenvalue weighted by Crippen LogP contribution is 2.32. The van der Waals surface area contributed by atoms with E-state index in [1.54, 1.807) is 0 Å². The molecule has 92 valence electrons. The number of aromatic nitrogens is 1. The normalized spacial score (nSPS) is 15.7. The molecule has 2 heterocycles. The van der Waals surface area contributed by atoms with E-state index in [0.717, 1.165) is 6.54 Å². The van der Waals surface area contributed by atoms with Crippen molar-refractivity contribution in [1.82, 2.24) is 4.98 Å². The Morgan fingerprint density at radius 2 is 1.79 bits per heavy atom. The summed E-state index contributed by atoms with van der Waals surface area (Å²) in [5, 5.41) is 4.71. The van der Waals surface area contributed by atoms with Crippen LogP contribution < -0.4 is 5.32 Å². The quantitative estimate of drug-likeness (QED) is 0.663. The lowest BCUT2D eigenvalue weighted by atomic mass is 10.0. The van der Waals surface area contributed by atoms with Crippen molar-refractivity contribution in [2.45, 2.75) is 0 Å². The minimum absolute atomic E-state index is 0.902. The predicted molar refractivity (Wildman–Crippen MR) is 81.1 cm³/mol. The Morgan fingerprint density at radius 1 is 0.947 bits per heavy atom. The number of para-hydroxylation sites is 2. The van der Waals surface area contributed by atoms with E-state index in [1.807, 2.05) is 0 Å². The monoisotopic (exact) mass is 246 g/mol. The van der Waals surface area contributed by atoms with Gasteiger partial charge in [0.2, 0.25) is 0 Å². The number of nitrogens with one attached hydrogen (secondary N) is 2. The fourth-order valence-corrected chi connectivity index (χ4v) is 2.73. The SMILES string of the molecule is C(=C1CNc2ccccc21)c1c[nH]c2ccccc12. The summed E-state index contributed by atoms with van der Waals surface area (Å²) < 4.78 is 0. The molecule has 2 nitrogen and oxygen atoms in total. The first kappa shape index (κ1) is 10.4. The summed E-state index contributed by atoms with van der Waals surface area (Å²) in [5.74, 6) is 0. The van der Waals surface area contributed by atoms with Gasteiger partial charge in [0.05, 0.1) is 0 Å². The summed E-state index contributed by atoms with van der Waals surface area (Å²) in [6.45, 7) is 0.902. The Kier molecular flexibility index (Phi) is 2.21. The molecule has 3 aromatic rings. The van der Waals surface area contributed by atoms with Gasteiger partial charge in [-0.25, -0.2) is 0 Å². The molecule has 0 bridgehead atoms. The minimum Gasteiger partial charge on any atom is -0.380 e. The first-order valence-electron chi connectivity index (χ1n) is 6.52. The lowest BCUT2D eigenvalue weighted by Gasteiger charge is -1.98. The van der Waals surface area contributed by atoms with Crippen LogP contribution in [-0.2, 0) is 0 Å². The van der Waals surface area contributed by atoms with E-state index in [-0.39, 0.29) is 0 Å². The molecule has 2 aromatic carbocycles. The van der Waals surface area contributed by atoms with Gasteiger partial charge in [0.1, 0.15) is 0 Å². The van der Waals surface area contributed by atoms with E-state index >= 15 is 0 Å². The fraction of sp³-hybridized carbons (Fsp3) is 0.0588. The van der Waals surface area contributed by atoms with Crippen molar-refractivity contribution in [3.63, 3.8) is 0 Å². The third kappa shape index (κ3) is 1.65. The molecule has 0 saturated carbocycles. The highest BCUT2D eigenvalue weighted by atomic mass is 14.9. The Bertz CT molecular complexity index is 781. The van der Waals surface area contributed by atoms with Crippen LogP contribution in [0.3, 0.4) is 0 Å². The summed E-state index contributed by atoms with van der Waals surface area (Å²) in [6, 6.07) is 16.9. The van der Waals surface area contributed by atoms with Crippen LogP contribution >= 0.6 is 0 Å². The molecule has 2 heteroatoms. The molecule has 0 aliphatic carbocycles. The molecule has 1 aromatic heterocycles. The first-order valence-corrected chi connectivity index (χ1v) is 6.52. The minimum atomic E-state index is 0.902. The molecule has 0 fully saturated rings. The predicted octanol–water partition coefficient (Wildman–Crippen LogP) is 4.13. The molecule has 0 atom stereocenters. The van der Waals surface area contributed by atoms with E-state index < -0.39 is 0 Å². The van der Waals surface area contributed by atoms with Crippen molar-refractivity contribution in [2.75, 3.05) is 11.9 Å². The Balaban J connectivity index is 1.85. The lowest BCUT2D eigenvalue weighted by Crippen LogP contribution is -1.90. The van der Waals surface area contributed by atoms with Crippen molar-refractivity contribution in [2.24, 2.45) is 0 Å². The average molecular weight is 246 g/mol. The molecule has 0 amide bonds. The number of hydrogen-bond acceptors (Lipinski definition) is 1. The van der Waals surface area contributed by atoms with Crippen LogP contribution in [0.1, 0.15) is 11.1 Å². The highest BCUT2D eigenvalue weighted by molar-refractivity contribution is 5.98. The van der Waals surface area contributed by atoms with Crippen molar-refractivity contribution >= 4 is 28.2 Å². The summed E-state index contributed by atoms with van der Waals surface area (Å²) in [6.07, 6.45) is 4.36. The molecule has 4 rings (SSSR count). The molecule has 0 unspecified atom stereocenters. The zero-order chi connectivity index (χ0) is 12.7. The number of fused-ring (bicyclic) bond motifs is 2. The van der Waals surface area contributed by atoms with Gasteiger partial charge in [0.15, 0.2) is 0 Å². The van der Waals surface area contributed by atoms with Gasteiger partial charge in [0.25, 0.3) is 0 Å². The standard InChI is InChI=1S/C17H14N2/c1-3-7-16-14(5-1)12(10-18-16)9-13-11-19-17-8-4-2-6-15(13)17/h1-10,18-19H,11H2. The van der Waals surface area contributed by atoms with Crippen LogP contribution in [0.5, 0.6) is 0 Å². The number of aromatic amines is 1. The molecule has 0 spiro atoms. The number of benzene rings is 2. The van der Waals surface area contributed by atoms with E-state index in [2.05, 4.69) is 71.1 Å². The number of anilines is 1. The van der Waals surface area contributed by atoms with Crippen LogP contribution in [0.15, 0.2) is 54.7 Å². The van der Waals surface area contributed by atoms with E-state index in [1.165, 1.54) is 33.3 Å². The lowest BCUT2D eigenvalue weighted by molar-refractivity contribution is 1.45. The topological polar surface area (TPSA) is 27.8 Å². The van der Waals surface area contributed by atoms with Crippen molar-refractivity contribution in [3.05, 3.63) is 65.9 Å². The Hall–Kier alpha value is -2.48. The van der Waals surface area contributed by atoms with Gasteiger partial charge >= 0.3 is 0 Å². The molecule has 0 radical (unpaired) electrons. The van der Waals surface area contributed by atoms with Crippen LogP contribution in [0.2, 0.25) is 0 Å². The van der Waals surface area contributed by atoms with Crippen molar-refractivity contribution < 1.29 is 0 Å². The second-order valence-corrected chi connectivity index (χ2v) is 4.86. The van der Waals surface area contributed by atoms with Gasteiger partial charge in [-0.1, -0.05) is 36.4 Å². The van der Waals surface area contributed by atoms with E-state index in [0.29, 0.717) is 0 Å². The largest absolute Gasteiger partial charge is 0.380 e. The summed E-state index contributed by atoms with van der Waals surface area (Å²) >= 11 is 0. The second kappa shape index (κ2) is 4.02. The van der Waals surface area contributed by atoms with Crippen LogP contribution in [0.4, 0.5) is 5.69 Å². The average Bonchev–Trinajstić information content (AvgIpc) is 3.05. The third-order valence-electron chi connectivity index (χ3n) is 3.69. The molecular weight excluding hydrogens is 232 g/mol. The zero-order valence-corrected chi connectivity index (χ0v) is 10.5. The van der Waals surface area contributed by atoms with Crippen LogP contribution in [0.25, 0.3) is 22.6 Å². The molecular formula is C17H14N2. The third-order valence-corrected chi connectivity index (χ3v) is 3.69. The van der Waals surface area contributed by atoms with Crippen molar-refractivity contribution in [1.29, 1.82) is 0 Å². The molecule has 0 saturated heterocycles. The Morgan fingerprint density at radius 3 is 2.79 bits per heavy atom. The zero-order valence-electron chi connectivity index (χ0n) is 10.5. The highest BCUT2D eigenvalue weighted by Gasteiger charge is 2.14. The van der Waals surface area contributed by atoms with E-state index in [4.69, 9.17) is 0 Å². The second-order valence-electron chi connectivity index (χ2n) is 4.86. The molecule has 19 heavy (non-hydrogen) atoms. The smallest absolute Gasteiger partial charge is 0.0460 e. The number of hydrogen-bond donors (Lipinski definition) is 2. The fourth-order valence-electron chi connectivity index (χ4n) is 2.73. The maximum absolute atomic E-state index is 3.43.